The lowest BCUT2D eigenvalue weighted by Crippen LogP contribution is -2.28. The SMILES string of the molecule is NC(CCNS(=O)(=O)c1ccccc1Br)=NO. The second-order valence-electron chi connectivity index (χ2n) is 3.17. The fourth-order valence-electron chi connectivity index (χ4n) is 1.10. The summed E-state index contributed by atoms with van der Waals surface area (Å²) < 4.78 is 26.5. The topological polar surface area (TPSA) is 105 Å². The van der Waals surface area contributed by atoms with Gasteiger partial charge in [-0.15, -0.1) is 0 Å². The van der Waals surface area contributed by atoms with Gasteiger partial charge in [0.15, 0.2) is 0 Å². The van der Waals surface area contributed by atoms with Gasteiger partial charge in [0.1, 0.15) is 5.84 Å². The third kappa shape index (κ3) is 3.99. The van der Waals surface area contributed by atoms with Crippen molar-refractivity contribution >= 4 is 31.8 Å². The number of oxime groups is 1. The molecule has 94 valence electrons. The molecule has 0 atom stereocenters. The third-order valence-electron chi connectivity index (χ3n) is 1.93. The molecule has 0 aliphatic heterocycles. The van der Waals surface area contributed by atoms with Crippen molar-refractivity contribution in [3.8, 4) is 0 Å². The Morgan fingerprint density at radius 2 is 2.12 bits per heavy atom. The molecule has 6 nitrogen and oxygen atoms in total. The van der Waals surface area contributed by atoms with Crippen molar-refractivity contribution in [2.24, 2.45) is 10.9 Å². The zero-order valence-electron chi connectivity index (χ0n) is 8.80. The number of rotatable bonds is 5. The summed E-state index contributed by atoms with van der Waals surface area (Å²) >= 11 is 3.16. The minimum Gasteiger partial charge on any atom is -0.409 e. The summed E-state index contributed by atoms with van der Waals surface area (Å²) in [6.45, 7) is 0.0690. The van der Waals surface area contributed by atoms with Crippen LogP contribution in [0.25, 0.3) is 0 Å². The highest BCUT2D eigenvalue weighted by atomic mass is 79.9. The van der Waals surface area contributed by atoms with Gasteiger partial charge in [-0.25, -0.2) is 13.1 Å². The van der Waals surface area contributed by atoms with Crippen LogP contribution in [0, 0.1) is 0 Å². The average Bonchev–Trinajstić information content (AvgIpc) is 2.28. The number of sulfonamides is 1. The van der Waals surface area contributed by atoms with E-state index in [-0.39, 0.29) is 23.7 Å². The monoisotopic (exact) mass is 321 g/mol. The largest absolute Gasteiger partial charge is 0.409 e. The molecule has 1 rings (SSSR count). The van der Waals surface area contributed by atoms with E-state index in [1.165, 1.54) is 6.07 Å². The maximum atomic E-state index is 11.8. The molecule has 0 aliphatic rings. The van der Waals surface area contributed by atoms with Crippen LogP contribution in [0.5, 0.6) is 0 Å². The Labute approximate surface area is 108 Å². The molecule has 0 radical (unpaired) electrons. The van der Waals surface area contributed by atoms with Gasteiger partial charge < -0.3 is 10.9 Å². The molecule has 0 saturated carbocycles. The Bertz CT molecular complexity index is 516. The quantitative estimate of drug-likeness (QED) is 0.324. The second-order valence-corrected chi connectivity index (χ2v) is 5.76. The fourth-order valence-corrected chi connectivity index (χ4v) is 3.14. The second kappa shape index (κ2) is 5.99. The molecule has 0 saturated heterocycles. The maximum absolute atomic E-state index is 11.8. The van der Waals surface area contributed by atoms with Gasteiger partial charge in [-0.2, -0.15) is 0 Å². The van der Waals surface area contributed by atoms with Crippen LogP contribution in [0.1, 0.15) is 6.42 Å². The van der Waals surface area contributed by atoms with Crippen LogP contribution < -0.4 is 10.5 Å². The van der Waals surface area contributed by atoms with E-state index >= 15 is 0 Å². The van der Waals surface area contributed by atoms with Gasteiger partial charge in [-0.3, -0.25) is 0 Å². The molecule has 0 aromatic heterocycles. The maximum Gasteiger partial charge on any atom is 0.241 e. The highest BCUT2D eigenvalue weighted by Crippen LogP contribution is 2.20. The molecular weight excluding hydrogens is 310 g/mol. The van der Waals surface area contributed by atoms with Gasteiger partial charge in [-0.1, -0.05) is 17.3 Å². The number of nitrogens with one attached hydrogen (secondary N) is 1. The zero-order valence-corrected chi connectivity index (χ0v) is 11.2. The summed E-state index contributed by atoms with van der Waals surface area (Å²) in [5.74, 6) is -0.0279. The lowest BCUT2D eigenvalue weighted by atomic mass is 10.4. The first-order valence-corrected chi connectivity index (χ1v) is 6.95. The standard InChI is InChI=1S/C9H12BrN3O3S/c10-7-3-1-2-4-8(7)17(15,16)12-6-5-9(11)13-14/h1-4,12,14H,5-6H2,(H2,11,13). The Morgan fingerprint density at radius 1 is 1.47 bits per heavy atom. The molecule has 0 heterocycles. The summed E-state index contributed by atoms with van der Waals surface area (Å²) in [4.78, 5) is 0.152. The molecule has 4 N–H and O–H groups in total. The molecule has 0 bridgehead atoms. The van der Waals surface area contributed by atoms with Crippen molar-refractivity contribution in [2.45, 2.75) is 11.3 Å². The molecule has 1 aromatic rings. The van der Waals surface area contributed by atoms with E-state index in [4.69, 9.17) is 10.9 Å². The average molecular weight is 322 g/mol. The molecule has 0 unspecified atom stereocenters. The predicted octanol–water partition coefficient (Wildman–Crippen LogP) is 0.864. The molecule has 0 fully saturated rings. The molecular formula is C9H12BrN3O3S. The smallest absolute Gasteiger partial charge is 0.241 e. The molecule has 17 heavy (non-hydrogen) atoms. The first-order valence-electron chi connectivity index (χ1n) is 4.68. The number of amidine groups is 1. The minimum absolute atomic E-state index is 0.0279. The molecule has 0 spiro atoms. The summed E-state index contributed by atoms with van der Waals surface area (Å²) in [7, 11) is -3.58. The number of nitrogens with two attached hydrogens (primary N) is 1. The van der Waals surface area contributed by atoms with Crippen LogP contribution in [0.4, 0.5) is 0 Å². The molecule has 0 amide bonds. The van der Waals surface area contributed by atoms with Gasteiger partial charge in [0.25, 0.3) is 0 Å². The Morgan fingerprint density at radius 3 is 2.71 bits per heavy atom. The Kier molecular flexibility index (Phi) is 4.91. The van der Waals surface area contributed by atoms with E-state index in [0.717, 1.165) is 0 Å². The Balaban J connectivity index is 2.74. The number of nitrogens with zero attached hydrogens (tertiary/aromatic N) is 1. The molecule has 8 heteroatoms. The van der Waals surface area contributed by atoms with Crippen LogP contribution in [0.2, 0.25) is 0 Å². The van der Waals surface area contributed by atoms with E-state index < -0.39 is 10.0 Å². The first kappa shape index (κ1) is 13.9. The van der Waals surface area contributed by atoms with Gasteiger partial charge in [0.2, 0.25) is 10.0 Å². The van der Waals surface area contributed by atoms with Gasteiger partial charge in [0.05, 0.1) is 4.90 Å². The van der Waals surface area contributed by atoms with Crippen molar-refractivity contribution in [2.75, 3.05) is 6.54 Å². The summed E-state index contributed by atoms with van der Waals surface area (Å²) in [5, 5.41) is 11.1. The van der Waals surface area contributed by atoms with Crippen molar-refractivity contribution in [1.82, 2.24) is 4.72 Å². The predicted molar refractivity (Wildman–Crippen MR) is 67.4 cm³/mol. The number of hydrogen-bond acceptors (Lipinski definition) is 4. The highest BCUT2D eigenvalue weighted by Gasteiger charge is 2.16. The zero-order chi connectivity index (χ0) is 12.9. The van der Waals surface area contributed by atoms with Crippen LogP contribution in [0.3, 0.4) is 0 Å². The van der Waals surface area contributed by atoms with Crippen molar-refractivity contribution in [3.63, 3.8) is 0 Å². The van der Waals surface area contributed by atoms with Crippen LogP contribution >= 0.6 is 15.9 Å². The minimum atomic E-state index is -3.58. The normalized spacial score (nSPS) is 12.6. The van der Waals surface area contributed by atoms with Crippen molar-refractivity contribution in [3.05, 3.63) is 28.7 Å². The summed E-state index contributed by atoms with van der Waals surface area (Å²) in [6.07, 6.45) is 0.139. The lowest BCUT2D eigenvalue weighted by molar-refractivity contribution is 0.317. The van der Waals surface area contributed by atoms with Gasteiger partial charge in [0, 0.05) is 17.4 Å². The molecule has 0 aliphatic carbocycles. The van der Waals surface area contributed by atoms with Crippen molar-refractivity contribution in [1.29, 1.82) is 0 Å². The summed E-state index contributed by atoms with van der Waals surface area (Å²) in [6, 6.07) is 6.47. The van der Waals surface area contributed by atoms with E-state index in [9.17, 15) is 8.42 Å². The van der Waals surface area contributed by atoms with Crippen LogP contribution in [0.15, 0.2) is 38.8 Å². The number of halogens is 1. The number of benzene rings is 1. The van der Waals surface area contributed by atoms with E-state index in [2.05, 4.69) is 25.8 Å². The number of hydrogen-bond donors (Lipinski definition) is 3. The fraction of sp³-hybridized carbons (Fsp3) is 0.222. The van der Waals surface area contributed by atoms with Gasteiger partial charge in [-0.05, 0) is 28.1 Å². The first-order chi connectivity index (χ1) is 7.97. The van der Waals surface area contributed by atoms with Crippen LogP contribution in [-0.4, -0.2) is 26.0 Å². The highest BCUT2D eigenvalue weighted by molar-refractivity contribution is 9.10. The summed E-state index contributed by atoms with van der Waals surface area (Å²) in [5.41, 5.74) is 5.23. The Hall–Kier alpha value is -1.12. The van der Waals surface area contributed by atoms with Crippen LogP contribution in [-0.2, 0) is 10.0 Å². The van der Waals surface area contributed by atoms with Crippen molar-refractivity contribution < 1.29 is 13.6 Å². The third-order valence-corrected chi connectivity index (χ3v) is 4.40. The van der Waals surface area contributed by atoms with Gasteiger partial charge >= 0.3 is 0 Å². The van der Waals surface area contributed by atoms with E-state index in [1.54, 1.807) is 18.2 Å². The van der Waals surface area contributed by atoms with E-state index in [0.29, 0.717) is 4.47 Å². The lowest BCUT2D eigenvalue weighted by Gasteiger charge is -2.07. The molecule has 1 aromatic carbocycles. The van der Waals surface area contributed by atoms with E-state index in [1.807, 2.05) is 0 Å².